The highest BCUT2D eigenvalue weighted by molar-refractivity contribution is 6.31. The molecular formula is C15H19ClN4O2. The molecule has 2 N–H and O–H groups in total. The number of H-pyrrole nitrogens is 1. The summed E-state index contributed by atoms with van der Waals surface area (Å²) in [6.07, 6.45) is 3.52. The lowest BCUT2D eigenvalue weighted by Crippen LogP contribution is -2.47. The van der Waals surface area contributed by atoms with Crippen LogP contribution in [0, 0.1) is 6.92 Å². The number of hydrogen-bond acceptors (Lipinski definition) is 4. The highest BCUT2D eigenvalue weighted by atomic mass is 35.5. The summed E-state index contributed by atoms with van der Waals surface area (Å²) >= 11 is 6.16. The van der Waals surface area contributed by atoms with E-state index in [2.05, 4.69) is 15.5 Å². The van der Waals surface area contributed by atoms with Crippen molar-refractivity contribution in [1.82, 2.24) is 20.4 Å². The van der Waals surface area contributed by atoms with Gasteiger partial charge in [0, 0.05) is 25.7 Å². The first kappa shape index (κ1) is 15.1. The molecule has 0 bridgehead atoms. The number of amides is 1. The van der Waals surface area contributed by atoms with Crippen LogP contribution in [-0.2, 0) is 6.54 Å². The molecule has 118 valence electrons. The molecule has 7 heteroatoms. The number of carbonyl (C=O) groups is 1. The van der Waals surface area contributed by atoms with Crippen molar-refractivity contribution >= 4 is 17.5 Å². The zero-order chi connectivity index (χ0) is 15.5. The number of furan rings is 1. The van der Waals surface area contributed by atoms with Crippen molar-refractivity contribution in [1.29, 1.82) is 0 Å². The fraction of sp³-hybridized carbons (Fsp3) is 0.467. The molecule has 3 rings (SSSR count). The highest BCUT2D eigenvalue weighted by Crippen LogP contribution is 2.18. The van der Waals surface area contributed by atoms with E-state index in [1.807, 2.05) is 11.8 Å². The van der Waals surface area contributed by atoms with Crippen molar-refractivity contribution in [3.63, 3.8) is 0 Å². The van der Waals surface area contributed by atoms with Crippen molar-refractivity contribution in [2.45, 2.75) is 32.4 Å². The monoisotopic (exact) mass is 322 g/mol. The fourth-order valence-electron chi connectivity index (χ4n) is 2.71. The second-order valence-electron chi connectivity index (χ2n) is 5.56. The number of likely N-dealkylation sites (tertiary alicyclic amines) is 1. The third-order valence-electron chi connectivity index (χ3n) is 3.94. The van der Waals surface area contributed by atoms with E-state index in [1.54, 1.807) is 12.1 Å². The number of hydrogen-bond donors (Lipinski definition) is 2. The molecule has 2 aromatic heterocycles. The van der Waals surface area contributed by atoms with Gasteiger partial charge in [0.05, 0.1) is 22.7 Å². The molecule has 1 aliphatic heterocycles. The van der Waals surface area contributed by atoms with Gasteiger partial charge < -0.3 is 14.6 Å². The molecule has 1 atom stereocenters. The second-order valence-corrected chi connectivity index (χ2v) is 5.94. The maximum absolute atomic E-state index is 12.3. The predicted octanol–water partition coefficient (Wildman–Crippen LogP) is 2.36. The first-order chi connectivity index (χ1) is 10.6. The molecule has 1 unspecified atom stereocenters. The average Bonchev–Trinajstić information content (AvgIpc) is 3.17. The van der Waals surface area contributed by atoms with Gasteiger partial charge in [0.1, 0.15) is 0 Å². The smallest absolute Gasteiger partial charge is 0.289 e. The van der Waals surface area contributed by atoms with Gasteiger partial charge in [-0.15, -0.1) is 0 Å². The molecule has 1 aliphatic rings. The van der Waals surface area contributed by atoms with Gasteiger partial charge >= 0.3 is 0 Å². The molecule has 1 fully saturated rings. The van der Waals surface area contributed by atoms with Crippen molar-refractivity contribution in [2.24, 2.45) is 0 Å². The lowest BCUT2D eigenvalue weighted by molar-refractivity contribution is 0.0662. The number of carbonyl (C=O) groups excluding carboxylic acids is 1. The minimum atomic E-state index is -0.0508. The Morgan fingerprint density at radius 2 is 2.50 bits per heavy atom. The van der Waals surface area contributed by atoms with Crippen LogP contribution in [0.4, 0.5) is 0 Å². The standard InChI is InChI=1S/C15H19ClN4O2/c1-10-14(16)12(19-18-10)8-17-11-4-2-6-20(9-11)15(21)13-5-3-7-22-13/h3,5,7,11,17H,2,4,6,8-9H2,1H3,(H,18,19). The summed E-state index contributed by atoms with van der Waals surface area (Å²) in [6, 6.07) is 3.67. The largest absolute Gasteiger partial charge is 0.459 e. The summed E-state index contributed by atoms with van der Waals surface area (Å²) in [6.45, 7) is 3.92. The number of aryl methyl sites for hydroxylation is 1. The molecule has 22 heavy (non-hydrogen) atoms. The number of aromatic amines is 1. The lowest BCUT2D eigenvalue weighted by atomic mass is 10.1. The number of nitrogens with one attached hydrogen (secondary N) is 2. The molecule has 1 amide bonds. The number of halogens is 1. The van der Waals surface area contributed by atoms with E-state index >= 15 is 0 Å². The molecule has 0 saturated carbocycles. The van der Waals surface area contributed by atoms with Gasteiger partial charge in [-0.25, -0.2) is 0 Å². The van der Waals surface area contributed by atoms with Gasteiger partial charge in [0.25, 0.3) is 5.91 Å². The average molecular weight is 323 g/mol. The van der Waals surface area contributed by atoms with Gasteiger partial charge in [0.2, 0.25) is 0 Å². The Hall–Kier alpha value is -1.79. The van der Waals surface area contributed by atoms with E-state index in [0.717, 1.165) is 30.8 Å². The van der Waals surface area contributed by atoms with Gasteiger partial charge in [-0.05, 0) is 31.9 Å². The second kappa shape index (κ2) is 6.54. The van der Waals surface area contributed by atoms with Crippen LogP contribution in [0.25, 0.3) is 0 Å². The SMILES string of the molecule is Cc1[nH]nc(CNC2CCCN(C(=O)c3ccco3)C2)c1Cl. The minimum absolute atomic E-state index is 0.0508. The highest BCUT2D eigenvalue weighted by Gasteiger charge is 2.25. The molecule has 0 radical (unpaired) electrons. The third kappa shape index (κ3) is 3.18. The summed E-state index contributed by atoms with van der Waals surface area (Å²) in [5.41, 5.74) is 1.69. The Morgan fingerprint density at radius 3 is 3.18 bits per heavy atom. The Balaban J connectivity index is 1.57. The first-order valence-corrected chi connectivity index (χ1v) is 7.78. The van der Waals surface area contributed by atoms with Crippen LogP contribution in [-0.4, -0.2) is 40.1 Å². The summed E-state index contributed by atoms with van der Waals surface area (Å²) < 4.78 is 5.19. The molecule has 1 saturated heterocycles. The Morgan fingerprint density at radius 1 is 1.64 bits per heavy atom. The van der Waals surface area contributed by atoms with E-state index in [-0.39, 0.29) is 11.9 Å². The van der Waals surface area contributed by atoms with Crippen LogP contribution < -0.4 is 5.32 Å². The summed E-state index contributed by atoms with van der Waals surface area (Å²) in [7, 11) is 0. The predicted molar refractivity (Wildman–Crippen MR) is 82.8 cm³/mol. The van der Waals surface area contributed by atoms with E-state index in [1.165, 1.54) is 6.26 Å². The topological polar surface area (TPSA) is 74.2 Å². The van der Waals surface area contributed by atoms with Gasteiger partial charge in [-0.3, -0.25) is 9.89 Å². The summed E-state index contributed by atoms with van der Waals surface area (Å²) in [4.78, 5) is 14.1. The van der Waals surface area contributed by atoms with Crippen molar-refractivity contribution in [3.05, 3.63) is 40.6 Å². The number of piperidine rings is 1. The molecule has 0 aromatic carbocycles. The van der Waals surface area contributed by atoms with Crippen molar-refractivity contribution in [2.75, 3.05) is 13.1 Å². The zero-order valence-corrected chi connectivity index (χ0v) is 13.2. The molecule has 6 nitrogen and oxygen atoms in total. The normalized spacial score (nSPS) is 18.6. The van der Waals surface area contributed by atoms with Crippen LogP contribution in [0.3, 0.4) is 0 Å². The van der Waals surface area contributed by atoms with E-state index in [0.29, 0.717) is 23.9 Å². The van der Waals surface area contributed by atoms with Crippen LogP contribution in [0.5, 0.6) is 0 Å². The van der Waals surface area contributed by atoms with Gasteiger partial charge in [-0.2, -0.15) is 5.10 Å². The summed E-state index contributed by atoms with van der Waals surface area (Å²) in [5, 5.41) is 11.2. The summed E-state index contributed by atoms with van der Waals surface area (Å²) in [5.74, 6) is 0.344. The lowest BCUT2D eigenvalue weighted by Gasteiger charge is -2.32. The van der Waals surface area contributed by atoms with Crippen molar-refractivity contribution < 1.29 is 9.21 Å². The Kier molecular flexibility index (Phi) is 4.49. The molecule has 2 aromatic rings. The maximum atomic E-state index is 12.3. The third-order valence-corrected chi connectivity index (χ3v) is 4.44. The quantitative estimate of drug-likeness (QED) is 0.906. The van der Waals surface area contributed by atoms with Gasteiger partial charge in [0.15, 0.2) is 5.76 Å². The number of rotatable bonds is 4. The van der Waals surface area contributed by atoms with E-state index in [9.17, 15) is 4.79 Å². The zero-order valence-electron chi connectivity index (χ0n) is 12.4. The molecule has 0 spiro atoms. The molecular weight excluding hydrogens is 304 g/mol. The van der Waals surface area contributed by atoms with Crippen LogP contribution in [0.15, 0.2) is 22.8 Å². The number of nitrogens with zero attached hydrogens (tertiary/aromatic N) is 2. The number of aromatic nitrogens is 2. The maximum Gasteiger partial charge on any atom is 0.289 e. The Bertz CT molecular complexity index is 638. The first-order valence-electron chi connectivity index (χ1n) is 7.40. The van der Waals surface area contributed by atoms with Crippen LogP contribution in [0.2, 0.25) is 5.02 Å². The molecule has 3 heterocycles. The van der Waals surface area contributed by atoms with Crippen molar-refractivity contribution in [3.8, 4) is 0 Å². The minimum Gasteiger partial charge on any atom is -0.459 e. The van der Waals surface area contributed by atoms with Gasteiger partial charge in [-0.1, -0.05) is 11.6 Å². The molecule has 0 aliphatic carbocycles. The van der Waals surface area contributed by atoms with Crippen LogP contribution in [0.1, 0.15) is 34.8 Å². The van der Waals surface area contributed by atoms with E-state index < -0.39 is 0 Å². The van der Waals surface area contributed by atoms with E-state index in [4.69, 9.17) is 16.0 Å². The Labute approximate surface area is 133 Å². The van der Waals surface area contributed by atoms with Crippen LogP contribution >= 0.6 is 11.6 Å². The fourth-order valence-corrected chi connectivity index (χ4v) is 2.86.